The Bertz CT molecular complexity index is 449. The molecule has 2 fully saturated rings. The van der Waals surface area contributed by atoms with E-state index in [-0.39, 0.29) is 0 Å². The average Bonchev–Trinajstić information content (AvgIpc) is 3.00. The van der Waals surface area contributed by atoms with Gasteiger partial charge in [-0.05, 0) is 56.5 Å². The molecule has 3 atom stereocenters. The van der Waals surface area contributed by atoms with E-state index in [1.54, 1.807) is 7.11 Å². The quantitative estimate of drug-likeness (QED) is 0.870. The van der Waals surface area contributed by atoms with Crippen molar-refractivity contribution in [1.82, 2.24) is 10.2 Å². The first-order valence-electron chi connectivity index (χ1n) is 8.05. The van der Waals surface area contributed by atoms with Crippen LogP contribution in [0.15, 0.2) is 24.3 Å². The molecule has 0 radical (unpaired) electrons. The molecule has 2 N–H and O–H groups in total. The van der Waals surface area contributed by atoms with E-state index in [1.807, 2.05) is 24.3 Å². The number of hydrogen-bond donors (Lipinski definition) is 2. The summed E-state index contributed by atoms with van der Waals surface area (Å²) >= 11 is 0. The first-order valence-corrected chi connectivity index (χ1v) is 8.05. The molecule has 2 saturated heterocycles. The van der Waals surface area contributed by atoms with E-state index >= 15 is 0 Å². The van der Waals surface area contributed by atoms with Crippen molar-refractivity contribution in [3.8, 4) is 5.75 Å². The predicted molar refractivity (Wildman–Crippen MR) is 83.6 cm³/mol. The summed E-state index contributed by atoms with van der Waals surface area (Å²) in [6, 6.07) is 8.99. The van der Waals surface area contributed by atoms with Gasteiger partial charge in [-0.3, -0.25) is 0 Å². The standard InChI is InChI=1S/C17H26N2O2/c1-21-16-6-4-13(5-7-16)17(20)12-18-14-8-10-19-9-2-3-15(19)11-14/h4-7,14-15,17-18,20H,2-3,8-12H2,1H3. The number of nitrogens with one attached hydrogen (secondary N) is 1. The molecule has 4 nitrogen and oxygen atoms in total. The summed E-state index contributed by atoms with van der Waals surface area (Å²) in [5.41, 5.74) is 0.946. The molecule has 2 aliphatic rings. The van der Waals surface area contributed by atoms with Gasteiger partial charge in [-0.2, -0.15) is 0 Å². The van der Waals surface area contributed by atoms with E-state index in [1.165, 1.54) is 38.8 Å². The lowest BCUT2D eigenvalue weighted by molar-refractivity contribution is 0.138. The highest BCUT2D eigenvalue weighted by atomic mass is 16.5. The number of aliphatic hydroxyl groups is 1. The Kier molecular flexibility index (Phi) is 4.78. The Labute approximate surface area is 127 Å². The van der Waals surface area contributed by atoms with E-state index < -0.39 is 6.10 Å². The van der Waals surface area contributed by atoms with Crippen molar-refractivity contribution in [3.63, 3.8) is 0 Å². The summed E-state index contributed by atoms with van der Waals surface area (Å²) in [6.45, 7) is 3.12. The van der Waals surface area contributed by atoms with Crippen LogP contribution in [0.2, 0.25) is 0 Å². The second-order valence-electron chi connectivity index (χ2n) is 6.25. The fourth-order valence-electron chi connectivity index (χ4n) is 3.63. The van der Waals surface area contributed by atoms with E-state index in [9.17, 15) is 5.11 Å². The Balaban J connectivity index is 1.47. The van der Waals surface area contributed by atoms with Gasteiger partial charge in [0.1, 0.15) is 5.75 Å². The number of nitrogens with zero attached hydrogens (tertiary/aromatic N) is 1. The summed E-state index contributed by atoms with van der Waals surface area (Å²) in [5, 5.41) is 13.8. The van der Waals surface area contributed by atoms with E-state index in [4.69, 9.17) is 4.74 Å². The van der Waals surface area contributed by atoms with Gasteiger partial charge in [-0.1, -0.05) is 12.1 Å². The summed E-state index contributed by atoms with van der Waals surface area (Å²) in [6.07, 6.45) is 4.68. The normalized spacial score (nSPS) is 27.3. The highest BCUT2D eigenvalue weighted by molar-refractivity contribution is 5.28. The van der Waals surface area contributed by atoms with Crippen molar-refractivity contribution in [2.75, 3.05) is 26.7 Å². The van der Waals surface area contributed by atoms with E-state index in [0.29, 0.717) is 12.6 Å². The number of benzene rings is 1. The van der Waals surface area contributed by atoms with Crippen LogP contribution in [0.25, 0.3) is 0 Å². The number of rotatable bonds is 5. The minimum atomic E-state index is -0.447. The number of aliphatic hydroxyl groups excluding tert-OH is 1. The van der Waals surface area contributed by atoms with Gasteiger partial charge in [0, 0.05) is 18.6 Å². The predicted octanol–water partition coefficient (Wildman–Crippen LogP) is 1.94. The Morgan fingerprint density at radius 1 is 1.29 bits per heavy atom. The average molecular weight is 290 g/mol. The Morgan fingerprint density at radius 2 is 2.10 bits per heavy atom. The zero-order valence-corrected chi connectivity index (χ0v) is 12.8. The summed E-state index contributed by atoms with van der Waals surface area (Å²) < 4.78 is 5.14. The molecule has 1 aromatic rings. The highest BCUT2D eigenvalue weighted by Crippen LogP contribution is 2.27. The molecular weight excluding hydrogens is 264 g/mol. The van der Waals surface area contributed by atoms with Crippen LogP contribution in [0.4, 0.5) is 0 Å². The highest BCUT2D eigenvalue weighted by Gasteiger charge is 2.31. The van der Waals surface area contributed by atoms with Crippen LogP contribution in [-0.2, 0) is 0 Å². The number of hydrogen-bond acceptors (Lipinski definition) is 4. The first kappa shape index (κ1) is 14.8. The third-order valence-electron chi connectivity index (χ3n) is 4.92. The molecule has 3 unspecified atom stereocenters. The van der Waals surface area contributed by atoms with Crippen molar-refractivity contribution in [3.05, 3.63) is 29.8 Å². The molecule has 0 saturated carbocycles. The third kappa shape index (κ3) is 3.57. The molecule has 0 aliphatic carbocycles. The first-order chi connectivity index (χ1) is 10.3. The molecule has 2 heterocycles. The molecule has 1 aromatic carbocycles. The minimum Gasteiger partial charge on any atom is -0.497 e. The zero-order valence-electron chi connectivity index (χ0n) is 12.8. The van der Waals surface area contributed by atoms with Crippen LogP contribution in [0, 0.1) is 0 Å². The monoisotopic (exact) mass is 290 g/mol. The maximum absolute atomic E-state index is 10.3. The molecule has 3 rings (SSSR count). The van der Waals surface area contributed by atoms with E-state index in [2.05, 4.69) is 10.2 Å². The molecule has 2 aliphatic heterocycles. The van der Waals surface area contributed by atoms with Crippen LogP contribution in [0.1, 0.15) is 37.4 Å². The molecule has 116 valence electrons. The van der Waals surface area contributed by atoms with Crippen LogP contribution in [0.3, 0.4) is 0 Å². The number of methoxy groups -OCH3 is 1. The van der Waals surface area contributed by atoms with Gasteiger partial charge in [0.25, 0.3) is 0 Å². The lowest BCUT2D eigenvalue weighted by Crippen LogP contribution is -2.46. The van der Waals surface area contributed by atoms with Crippen LogP contribution in [0.5, 0.6) is 5.75 Å². The third-order valence-corrected chi connectivity index (χ3v) is 4.92. The lowest BCUT2D eigenvalue weighted by atomic mass is 9.97. The fourth-order valence-corrected chi connectivity index (χ4v) is 3.63. The summed E-state index contributed by atoms with van der Waals surface area (Å²) in [7, 11) is 1.66. The Morgan fingerprint density at radius 3 is 2.86 bits per heavy atom. The SMILES string of the molecule is COc1ccc(C(O)CNC2CCN3CCCC3C2)cc1. The molecular formula is C17H26N2O2. The molecule has 0 spiro atoms. The lowest BCUT2D eigenvalue weighted by Gasteiger charge is -2.35. The molecule has 0 aromatic heterocycles. The fraction of sp³-hybridized carbons (Fsp3) is 0.647. The Hall–Kier alpha value is -1.10. The second kappa shape index (κ2) is 6.77. The van der Waals surface area contributed by atoms with Crippen molar-refractivity contribution >= 4 is 0 Å². The summed E-state index contributed by atoms with van der Waals surface area (Å²) in [4.78, 5) is 2.62. The van der Waals surface area contributed by atoms with Gasteiger partial charge >= 0.3 is 0 Å². The summed E-state index contributed by atoms with van der Waals surface area (Å²) in [5.74, 6) is 0.826. The van der Waals surface area contributed by atoms with E-state index in [0.717, 1.165) is 17.4 Å². The molecule has 0 amide bonds. The molecule has 4 heteroatoms. The number of fused-ring (bicyclic) bond motifs is 1. The van der Waals surface area contributed by atoms with Crippen molar-refractivity contribution in [2.24, 2.45) is 0 Å². The maximum Gasteiger partial charge on any atom is 0.118 e. The molecule has 0 bridgehead atoms. The molecule has 21 heavy (non-hydrogen) atoms. The van der Waals surface area contributed by atoms with Gasteiger partial charge in [0.05, 0.1) is 13.2 Å². The van der Waals surface area contributed by atoms with Gasteiger partial charge in [-0.25, -0.2) is 0 Å². The van der Waals surface area contributed by atoms with Gasteiger partial charge in [-0.15, -0.1) is 0 Å². The van der Waals surface area contributed by atoms with Crippen LogP contribution >= 0.6 is 0 Å². The van der Waals surface area contributed by atoms with Crippen molar-refractivity contribution in [2.45, 2.75) is 43.9 Å². The van der Waals surface area contributed by atoms with Crippen LogP contribution in [-0.4, -0.2) is 48.8 Å². The van der Waals surface area contributed by atoms with Crippen molar-refractivity contribution < 1.29 is 9.84 Å². The smallest absolute Gasteiger partial charge is 0.118 e. The number of piperidine rings is 1. The minimum absolute atomic E-state index is 0.447. The van der Waals surface area contributed by atoms with Gasteiger partial charge in [0.15, 0.2) is 0 Å². The van der Waals surface area contributed by atoms with Gasteiger partial charge in [0.2, 0.25) is 0 Å². The topological polar surface area (TPSA) is 44.7 Å². The van der Waals surface area contributed by atoms with Crippen LogP contribution < -0.4 is 10.1 Å². The van der Waals surface area contributed by atoms with Crippen molar-refractivity contribution in [1.29, 1.82) is 0 Å². The largest absolute Gasteiger partial charge is 0.497 e. The van der Waals surface area contributed by atoms with Gasteiger partial charge < -0.3 is 20.1 Å². The number of ether oxygens (including phenoxy) is 1. The second-order valence-corrected chi connectivity index (χ2v) is 6.25. The maximum atomic E-state index is 10.3. The zero-order chi connectivity index (χ0) is 14.7.